The molecule has 3 aromatic rings. The lowest BCUT2D eigenvalue weighted by Gasteiger charge is -2.18. The van der Waals surface area contributed by atoms with Crippen molar-refractivity contribution < 1.29 is 4.79 Å². The Labute approximate surface area is 173 Å². The molecule has 5 heteroatoms. The number of hydrogen-bond donors (Lipinski definition) is 2. The molecule has 1 heterocycles. The quantitative estimate of drug-likeness (QED) is 0.620. The molecule has 152 valence electrons. The summed E-state index contributed by atoms with van der Waals surface area (Å²) in [7, 11) is 0. The molecular formula is C24H30N4O. The van der Waals surface area contributed by atoms with Crippen molar-refractivity contribution in [3.63, 3.8) is 0 Å². The van der Waals surface area contributed by atoms with Gasteiger partial charge in [-0.25, -0.2) is 4.98 Å². The summed E-state index contributed by atoms with van der Waals surface area (Å²) in [5.74, 6) is -0.139. The number of carbonyl (C=O) groups excluding carboxylic acids is 1. The van der Waals surface area contributed by atoms with Crippen LogP contribution in [0, 0.1) is 13.8 Å². The van der Waals surface area contributed by atoms with E-state index < -0.39 is 6.04 Å². The molecule has 0 fully saturated rings. The lowest BCUT2D eigenvalue weighted by atomic mass is 10.0. The second-order valence-electron chi connectivity index (χ2n) is 7.94. The molecule has 3 rings (SSSR count). The van der Waals surface area contributed by atoms with Crippen molar-refractivity contribution in [1.29, 1.82) is 0 Å². The fraction of sp³-hybridized carbons (Fsp3) is 0.333. The molecule has 2 aromatic carbocycles. The molecule has 1 unspecified atom stereocenters. The minimum Gasteiger partial charge on any atom is -0.352 e. The normalized spacial score (nSPS) is 13.1. The topological polar surface area (TPSA) is 72.9 Å². The van der Waals surface area contributed by atoms with E-state index in [0.29, 0.717) is 6.42 Å². The number of rotatable bonds is 8. The lowest BCUT2D eigenvalue weighted by molar-refractivity contribution is -0.122. The number of nitrogens with two attached hydrogens (primary N) is 1. The van der Waals surface area contributed by atoms with Crippen LogP contribution in [-0.2, 0) is 24.2 Å². The molecule has 5 nitrogen and oxygen atoms in total. The molecular weight excluding hydrogens is 360 g/mol. The van der Waals surface area contributed by atoms with Crippen LogP contribution < -0.4 is 11.1 Å². The first kappa shape index (κ1) is 20.8. The number of nitrogens with zero attached hydrogens (tertiary/aromatic N) is 2. The Balaban J connectivity index is 1.51. The van der Waals surface area contributed by atoms with E-state index in [0.717, 1.165) is 18.7 Å². The first-order valence-corrected chi connectivity index (χ1v) is 10.1. The van der Waals surface area contributed by atoms with Gasteiger partial charge >= 0.3 is 0 Å². The molecule has 0 saturated heterocycles. The highest BCUT2D eigenvalue weighted by Crippen LogP contribution is 2.11. The Morgan fingerprint density at radius 2 is 1.76 bits per heavy atom. The van der Waals surface area contributed by atoms with Crippen molar-refractivity contribution in [2.75, 3.05) is 0 Å². The van der Waals surface area contributed by atoms with Crippen molar-refractivity contribution in [3.8, 4) is 0 Å². The van der Waals surface area contributed by atoms with Gasteiger partial charge in [-0.2, -0.15) is 0 Å². The van der Waals surface area contributed by atoms with Crippen LogP contribution in [0.2, 0.25) is 0 Å². The molecule has 0 bridgehead atoms. The zero-order valence-electron chi connectivity index (χ0n) is 17.4. The lowest BCUT2D eigenvalue weighted by Crippen LogP contribution is -2.46. The van der Waals surface area contributed by atoms with E-state index in [2.05, 4.69) is 54.5 Å². The number of amides is 1. The number of imidazole rings is 1. The molecule has 1 amide bonds. The van der Waals surface area contributed by atoms with Crippen LogP contribution in [0.4, 0.5) is 0 Å². The summed E-state index contributed by atoms with van der Waals surface area (Å²) >= 11 is 0. The largest absolute Gasteiger partial charge is 0.352 e. The molecule has 0 aliphatic carbocycles. The van der Waals surface area contributed by atoms with Gasteiger partial charge in [0.1, 0.15) is 0 Å². The maximum atomic E-state index is 12.5. The van der Waals surface area contributed by atoms with E-state index in [9.17, 15) is 4.79 Å². The molecule has 3 N–H and O–H groups in total. The number of carbonyl (C=O) groups is 1. The van der Waals surface area contributed by atoms with Gasteiger partial charge in [-0.1, -0.05) is 59.7 Å². The molecule has 0 aliphatic heterocycles. The highest BCUT2D eigenvalue weighted by atomic mass is 16.2. The van der Waals surface area contributed by atoms with E-state index in [-0.39, 0.29) is 11.9 Å². The van der Waals surface area contributed by atoms with Crippen LogP contribution in [0.3, 0.4) is 0 Å². The standard InChI is InChI=1S/C24H30N4O/c1-17-9-18(2)11-21(10-17)12-19(3)27-24(29)23(25)13-22-15-28(16-26-22)14-20-7-5-4-6-8-20/h4-11,15-16,19,23H,12-14,25H2,1-3H3,(H,27,29)/t19?,23-/m0/s1. The summed E-state index contributed by atoms with van der Waals surface area (Å²) < 4.78 is 2.01. The van der Waals surface area contributed by atoms with Crippen LogP contribution in [0.15, 0.2) is 61.1 Å². The van der Waals surface area contributed by atoms with Crippen molar-refractivity contribution >= 4 is 5.91 Å². The van der Waals surface area contributed by atoms with E-state index in [1.165, 1.54) is 22.3 Å². The summed E-state index contributed by atoms with van der Waals surface area (Å²) in [5, 5.41) is 3.04. The minimum absolute atomic E-state index is 0.0189. The van der Waals surface area contributed by atoms with E-state index in [1.54, 1.807) is 6.33 Å². The van der Waals surface area contributed by atoms with Crippen LogP contribution in [0.5, 0.6) is 0 Å². The SMILES string of the molecule is Cc1cc(C)cc(CC(C)NC(=O)[C@@H](N)Cc2cn(Cc3ccccc3)cn2)c1. The first-order chi connectivity index (χ1) is 13.9. The highest BCUT2D eigenvalue weighted by Gasteiger charge is 2.18. The van der Waals surface area contributed by atoms with Crippen LogP contribution >= 0.6 is 0 Å². The molecule has 1 aromatic heterocycles. The molecule has 29 heavy (non-hydrogen) atoms. The van der Waals surface area contributed by atoms with Gasteiger partial charge in [0.25, 0.3) is 0 Å². The number of benzene rings is 2. The monoisotopic (exact) mass is 390 g/mol. The zero-order valence-corrected chi connectivity index (χ0v) is 17.4. The van der Waals surface area contributed by atoms with Gasteiger partial charge in [-0.05, 0) is 38.3 Å². The van der Waals surface area contributed by atoms with Gasteiger partial charge < -0.3 is 15.6 Å². The summed E-state index contributed by atoms with van der Waals surface area (Å²) in [6, 6.07) is 16.1. The second kappa shape index (κ2) is 9.52. The Morgan fingerprint density at radius 3 is 2.45 bits per heavy atom. The van der Waals surface area contributed by atoms with Gasteiger partial charge in [0.15, 0.2) is 0 Å². The van der Waals surface area contributed by atoms with E-state index in [1.807, 2.05) is 35.9 Å². The first-order valence-electron chi connectivity index (χ1n) is 10.1. The molecule has 2 atom stereocenters. The van der Waals surface area contributed by atoms with E-state index >= 15 is 0 Å². The summed E-state index contributed by atoms with van der Waals surface area (Å²) in [6.45, 7) is 6.94. The summed E-state index contributed by atoms with van der Waals surface area (Å²) in [6.07, 6.45) is 4.95. The van der Waals surface area contributed by atoms with Crippen molar-refractivity contribution in [1.82, 2.24) is 14.9 Å². The summed E-state index contributed by atoms with van der Waals surface area (Å²) in [4.78, 5) is 16.9. The predicted octanol–water partition coefficient (Wildman–Crippen LogP) is 3.17. The number of aryl methyl sites for hydroxylation is 2. The molecule has 0 radical (unpaired) electrons. The Kier molecular flexibility index (Phi) is 6.83. The number of aromatic nitrogens is 2. The molecule has 0 aliphatic rings. The smallest absolute Gasteiger partial charge is 0.237 e. The van der Waals surface area contributed by atoms with Crippen LogP contribution in [-0.4, -0.2) is 27.5 Å². The Morgan fingerprint density at radius 1 is 1.07 bits per heavy atom. The third-order valence-corrected chi connectivity index (χ3v) is 4.87. The number of hydrogen-bond acceptors (Lipinski definition) is 3. The second-order valence-corrected chi connectivity index (χ2v) is 7.94. The maximum Gasteiger partial charge on any atom is 0.237 e. The van der Waals surface area contributed by atoms with Gasteiger partial charge in [-0.15, -0.1) is 0 Å². The maximum absolute atomic E-state index is 12.5. The predicted molar refractivity (Wildman–Crippen MR) is 117 cm³/mol. The highest BCUT2D eigenvalue weighted by molar-refractivity contribution is 5.82. The van der Waals surface area contributed by atoms with Crippen molar-refractivity contribution in [2.24, 2.45) is 5.73 Å². The van der Waals surface area contributed by atoms with Gasteiger partial charge in [0, 0.05) is 25.2 Å². The third kappa shape index (κ3) is 6.29. The average Bonchev–Trinajstić information content (AvgIpc) is 3.08. The number of nitrogens with one attached hydrogen (secondary N) is 1. The van der Waals surface area contributed by atoms with E-state index in [4.69, 9.17) is 5.73 Å². The summed E-state index contributed by atoms with van der Waals surface area (Å²) in [5.41, 5.74) is 11.9. The average molecular weight is 391 g/mol. The van der Waals surface area contributed by atoms with Crippen molar-refractivity contribution in [3.05, 3.63) is 89.0 Å². The molecule has 0 saturated carbocycles. The third-order valence-electron chi connectivity index (χ3n) is 4.87. The van der Waals surface area contributed by atoms with Gasteiger partial charge in [0.05, 0.1) is 18.1 Å². The Hall–Kier alpha value is -2.92. The van der Waals surface area contributed by atoms with Crippen molar-refractivity contribution in [2.45, 2.75) is 52.2 Å². The van der Waals surface area contributed by atoms with Crippen LogP contribution in [0.25, 0.3) is 0 Å². The zero-order chi connectivity index (χ0) is 20.8. The minimum atomic E-state index is -0.614. The van der Waals surface area contributed by atoms with Crippen LogP contribution in [0.1, 0.15) is 34.9 Å². The van der Waals surface area contributed by atoms with Gasteiger partial charge in [-0.3, -0.25) is 4.79 Å². The fourth-order valence-corrected chi connectivity index (χ4v) is 3.65. The Bertz CT molecular complexity index is 928. The fourth-order valence-electron chi connectivity index (χ4n) is 3.65. The van der Waals surface area contributed by atoms with Gasteiger partial charge in [0.2, 0.25) is 5.91 Å². The molecule has 0 spiro atoms.